The van der Waals surface area contributed by atoms with E-state index in [0.717, 1.165) is 27.8 Å². The third-order valence-corrected chi connectivity index (χ3v) is 7.13. The molecule has 1 atom stereocenters. The molecule has 8 nitrogen and oxygen atoms in total. The van der Waals surface area contributed by atoms with E-state index in [1.54, 1.807) is 24.3 Å². The number of fused-ring (bicyclic) bond motifs is 3. The molecule has 0 spiro atoms. The molecule has 0 bridgehead atoms. The summed E-state index contributed by atoms with van der Waals surface area (Å²) in [5, 5.41) is 11.7. The minimum atomic E-state index is -1.41. The Morgan fingerprint density at radius 1 is 0.762 bits per heavy atom. The summed E-state index contributed by atoms with van der Waals surface area (Å²) in [4.78, 5) is 36.8. The summed E-state index contributed by atoms with van der Waals surface area (Å²) < 4.78 is 16.6. The zero-order chi connectivity index (χ0) is 29.5. The first-order chi connectivity index (χ1) is 20.4. The van der Waals surface area contributed by atoms with Gasteiger partial charge in [-0.05, 0) is 52.4 Å². The van der Waals surface area contributed by atoms with Gasteiger partial charge >= 0.3 is 18.0 Å². The Bertz CT molecular complexity index is 1520. The normalized spacial score (nSPS) is 12.5. The summed E-state index contributed by atoms with van der Waals surface area (Å²) in [5.41, 5.74) is 7.16. The lowest BCUT2D eigenvalue weighted by atomic mass is 9.98. The zero-order valence-corrected chi connectivity index (χ0v) is 23.1. The third kappa shape index (κ3) is 6.96. The lowest BCUT2D eigenvalue weighted by Crippen LogP contribution is -2.43. The fourth-order valence-corrected chi connectivity index (χ4v) is 4.94. The highest BCUT2D eigenvalue weighted by Crippen LogP contribution is 2.44. The average molecular weight is 566 g/mol. The maximum absolute atomic E-state index is 12.7. The molecular formula is C34H31NO7. The van der Waals surface area contributed by atoms with Crippen LogP contribution in [0.25, 0.3) is 11.1 Å². The van der Waals surface area contributed by atoms with Crippen molar-refractivity contribution in [3.05, 3.63) is 125 Å². The van der Waals surface area contributed by atoms with Crippen LogP contribution in [0.2, 0.25) is 0 Å². The first kappa shape index (κ1) is 28.4. The number of carboxylic acids is 1. The van der Waals surface area contributed by atoms with Crippen LogP contribution in [0.1, 0.15) is 40.2 Å². The van der Waals surface area contributed by atoms with Crippen molar-refractivity contribution in [3.63, 3.8) is 0 Å². The summed E-state index contributed by atoms with van der Waals surface area (Å²) in [6.07, 6.45) is -1.54. The molecule has 2 N–H and O–H groups in total. The lowest BCUT2D eigenvalue weighted by Gasteiger charge is -2.18. The minimum Gasteiger partial charge on any atom is -0.489 e. The van der Waals surface area contributed by atoms with Crippen molar-refractivity contribution in [2.24, 2.45) is 0 Å². The van der Waals surface area contributed by atoms with Crippen LogP contribution in [-0.2, 0) is 32.3 Å². The van der Waals surface area contributed by atoms with Gasteiger partial charge in [0.25, 0.3) is 0 Å². The maximum atomic E-state index is 12.7. The van der Waals surface area contributed by atoms with Gasteiger partial charge in [-0.2, -0.15) is 0 Å². The highest BCUT2D eigenvalue weighted by Gasteiger charge is 2.30. The van der Waals surface area contributed by atoms with E-state index in [0.29, 0.717) is 17.9 Å². The summed E-state index contributed by atoms with van der Waals surface area (Å²) in [6, 6.07) is 29.5. The number of amides is 1. The second-order valence-electron chi connectivity index (χ2n) is 10.1. The number of benzene rings is 4. The van der Waals surface area contributed by atoms with E-state index in [-0.39, 0.29) is 19.1 Å². The van der Waals surface area contributed by atoms with E-state index in [2.05, 4.69) is 5.32 Å². The number of hydrogen-bond donors (Lipinski definition) is 2. The summed E-state index contributed by atoms with van der Waals surface area (Å²) in [7, 11) is 0. The number of aliphatic carboxylic acids is 1. The molecule has 4 aromatic rings. The zero-order valence-electron chi connectivity index (χ0n) is 23.1. The number of hydrogen-bond acceptors (Lipinski definition) is 6. The Hall–Kier alpha value is -5.11. The van der Waals surface area contributed by atoms with Crippen LogP contribution in [0.4, 0.5) is 4.79 Å². The van der Waals surface area contributed by atoms with Crippen LogP contribution in [0.5, 0.6) is 5.75 Å². The molecule has 0 radical (unpaired) electrons. The van der Waals surface area contributed by atoms with Gasteiger partial charge in [0.2, 0.25) is 0 Å². The highest BCUT2D eigenvalue weighted by atomic mass is 16.6. The molecule has 0 saturated carbocycles. The average Bonchev–Trinajstić information content (AvgIpc) is 3.32. The van der Waals surface area contributed by atoms with Gasteiger partial charge in [0, 0.05) is 5.92 Å². The predicted octanol–water partition coefficient (Wildman–Crippen LogP) is 6.00. The van der Waals surface area contributed by atoms with Crippen LogP contribution < -0.4 is 10.1 Å². The Balaban J connectivity index is 1.13. The topological polar surface area (TPSA) is 111 Å². The molecule has 0 unspecified atom stereocenters. The Morgan fingerprint density at radius 3 is 1.95 bits per heavy atom. The smallest absolute Gasteiger partial charge is 0.407 e. The number of carbonyl (C=O) groups is 3. The maximum Gasteiger partial charge on any atom is 0.407 e. The van der Waals surface area contributed by atoms with Crippen LogP contribution in [0.3, 0.4) is 0 Å². The summed E-state index contributed by atoms with van der Waals surface area (Å²) in [5.74, 6) is -1.64. The van der Waals surface area contributed by atoms with E-state index in [1.165, 1.54) is 5.56 Å². The summed E-state index contributed by atoms with van der Waals surface area (Å²) >= 11 is 0. The first-order valence-electron chi connectivity index (χ1n) is 13.6. The van der Waals surface area contributed by atoms with E-state index in [1.807, 2.05) is 79.7 Å². The second-order valence-corrected chi connectivity index (χ2v) is 10.1. The first-order valence-corrected chi connectivity index (χ1v) is 13.6. The van der Waals surface area contributed by atoms with Crippen LogP contribution >= 0.6 is 0 Å². The second kappa shape index (κ2) is 13.0. The molecule has 0 aliphatic heterocycles. The van der Waals surface area contributed by atoms with Crippen molar-refractivity contribution in [3.8, 4) is 16.9 Å². The fourth-order valence-electron chi connectivity index (χ4n) is 4.94. The summed E-state index contributed by atoms with van der Waals surface area (Å²) in [6.45, 7) is 2.39. The molecule has 1 amide bonds. The van der Waals surface area contributed by atoms with E-state index < -0.39 is 30.5 Å². The Kier molecular flexibility index (Phi) is 8.82. The highest BCUT2D eigenvalue weighted by molar-refractivity contribution is 5.86. The quantitative estimate of drug-likeness (QED) is 0.215. The number of nitrogens with one attached hydrogen (secondary N) is 1. The number of rotatable bonds is 11. The van der Waals surface area contributed by atoms with Crippen LogP contribution in [0.15, 0.2) is 97.1 Å². The van der Waals surface area contributed by atoms with Crippen LogP contribution in [0, 0.1) is 6.92 Å². The van der Waals surface area contributed by atoms with Gasteiger partial charge in [-0.3, -0.25) is 4.79 Å². The van der Waals surface area contributed by atoms with Gasteiger partial charge < -0.3 is 24.6 Å². The number of carboxylic acid groups (broad SMARTS) is 1. The van der Waals surface area contributed by atoms with Crippen molar-refractivity contribution in [1.29, 1.82) is 0 Å². The fraction of sp³-hybridized carbons (Fsp3) is 0.206. The van der Waals surface area contributed by atoms with Gasteiger partial charge in [0.1, 0.15) is 31.6 Å². The number of esters is 1. The van der Waals surface area contributed by atoms with Crippen molar-refractivity contribution >= 4 is 18.0 Å². The van der Waals surface area contributed by atoms with Gasteiger partial charge in [-0.1, -0.05) is 90.5 Å². The number of alkyl carbamates (subject to hydrolysis) is 1. The largest absolute Gasteiger partial charge is 0.489 e. The number of aryl methyl sites for hydroxylation is 1. The molecule has 1 aliphatic rings. The van der Waals surface area contributed by atoms with E-state index in [9.17, 15) is 19.5 Å². The molecule has 0 heterocycles. The molecule has 214 valence electrons. The molecule has 0 saturated heterocycles. The number of carbonyl (C=O) groups excluding carboxylic acids is 2. The Morgan fingerprint density at radius 2 is 1.33 bits per heavy atom. The van der Waals surface area contributed by atoms with Crippen molar-refractivity contribution in [1.82, 2.24) is 5.32 Å². The lowest BCUT2D eigenvalue weighted by molar-refractivity contribution is -0.151. The molecule has 8 heteroatoms. The standard InChI is InChI=1S/C34H31NO7/c1-22-10-12-23(13-11-22)19-40-25-16-14-24(15-17-25)20-41-33(38)31(18-32(36)37)35-34(39)42-21-30-28-8-4-2-6-26(28)27-7-3-5-9-29(27)30/h2-17,30-31H,18-21H2,1H3,(H,35,39)(H,36,37)/t31-/m0/s1. The van der Waals surface area contributed by atoms with Gasteiger partial charge in [-0.15, -0.1) is 0 Å². The SMILES string of the molecule is Cc1ccc(COc2ccc(COC(=O)[C@H](CC(=O)O)NC(=O)OCC3c4ccccc4-c4ccccc43)cc2)cc1. The van der Waals surface area contributed by atoms with Gasteiger partial charge in [-0.25, -0.2) is 9.59 Å². The molecular weight excluding hydrogens is 534 g/mol. The van der Waals surface area contributed by atoms with Gasteiger partial charge in [0.15, 0.2) is 0 Å². The van der Waals surface area contributed by atoms with Crippen LogP contribution in [-0.4, -0.2) is 35.8 Å². The van der Waals surface area contributed by atoms with Crippen molar-refractivity contribution in [2.75, 3.05) is 6.61 Å². The molecule has 4 aromatic carbocycles. The molecule has 42 heavy (non-hydrogen) atoms. The van der Waals surface area contributed by atoms with E-state index >= 15 is 0 Å². The minimum absolute atomic E-state index is 0.0348. The predicted molar refractivity (Wildman–Crippen MR) is 156 cm³/mol. The third-order valence-electron chi connectivity index (χ3n) is 7.13. The monoisotopic (exact) mass is 565 g/mol. The molecule has 0 aromatic heterocycles. The molecule has 1 aliphatic carbocycles. The van der Waals surface area contributed by atoms with Gasteiger partial charge in [0.05, 0.1) is 6.42 Å². The number of ether oxygens (including phenoxy) is 3. The van der Waals surface area contributed by atoms with Crippen molar-refractivity contribution < 1.29 is 33.7 Å². The molecule has 0 fully saturated rings. The molecule has 5 rings (SSSR count). The van der Waals surface area contributed by atoms with E-state index in [4.69, 9.17) is 14.2 Å². The van der Waals surface area contributed by atoms with Crippen molar-refractivity contribution in [2.45, 2.75) is 38.5 Å². The Labute approximate surface area is 243 Å².